The van der Waals surface area contributed by atoms with Crippen LogP contribution < -0.4 is 4.90 Å². The Hall–Kier alpha value is -2.93. The smallest absolute Gasteiger partial charge is 0.309 e. The third-order valence-electron chi connectivity index (χ3n) is 6.56. The molecule has 0 radical (unpaired) electrons. The molecule has 3 aromatic rings. The van der Waals surface area contributed by atoms with E-state index < -0.39 is 16.8 Å². The number of fused-ring (bicyclic) bond motifs is 1. The lowest BCUT2D eigenvalue weighted by Crippen LogP contribution is -2.32. The predicted molar refractivity (Wildman–Crippen MR) is 147 cm³/mol. The highest BCUT2D eigenvalue weighted by molar-refractivity contribution is 9.10. The average molecular weight is 556 g/mol. The minimum atomic E-state index is -1.19. The Kier molecular flexibility index (Phi) is 7.56. The van der Waals surface area contributed by atoms with Crippen LogP contribution in [0.1, 0.15) is 86.4 Å². The van der Waals surface area contributed by atoms with Crippen LogP contribution in [0.4, 0.5) is 5.69 Å². The Balaban J connectivity index is 2.40. The van der Waals surface area contributed by atoms with Crippen LogP contribution in [0.3, 0.4) is 0 Å². The van der Waals surface area contributed by atoms with E-state index in [4.69, 9.17) is 0 Å². The van der Waals surface area contributed by atoms with Crippen molar-refractivity contribution < 1.29 is 19.5 Å². The molecule has 1 amide bonds. The zero-order valence-electron chi connectivity index (χ0n) is 22.3. The summed E-state index contributed by atoms with van der Waals surface area (Å²) in [4.78, 5) is 41.6. The van der Waals surface area contributed by atoms with Gasteiger partial charge < -0.3 is 14.4 Å². The monoisotopic (exact) mass is 554 g/mol. The first-order valence-electron chi connectivity index (χ1n) is 12.0. The molecule has 7 heteroatoms. The molecule has 192 valence electrons. The number of ketones is 1. The number of hydrogen-bond acceptors (Lipinski definition) is 3. The highest BCUT2D eigenvalue weighted by atomic mass is 79.9. The molecule has 0 fully saturated rings. The SMILES string of the molecule is CC(C)c1ccn2c(C(=O)N(C)c3ccc(Br)cc3)c(CC(C)(C)C(=O)O)c(C(=O)C(C)(C)C)c2c1. The molecule has 36 heavy (non-hydrogen) atoms. The highest BCUT2D eigenvalue weighted by Crippen LogP contribution is 2.37. The summed E-state index contributed by atoms with van der Waals surface area (Å²) in [5.74, 6) is -1.21. The normalized spacial score (nSPS) is 12.3. The van der Waals surface area contributed by atoms with Crippen LogP contribution in [0.15, 0.2) is 47.1 Å². The second-order valence-corrected chi connectivity index (χ2v) is 12.3. The Labute approximate surface area is 221 Å². The fraction of sp³-hybridized carbons (Fsp3) is 0.414. The third kappa shape index (κ3) is 5.26. The molecule has 0 spiro atoms. The fourth-order valence-corrected chi connectivity index (χ4v) is 4.44. The van der Waals surface area contributed by atoms with Gasteiger partial charge in [0.1, 0.15) is 5.69 Å². The van der Waals surface area contributed by atoms with Gasteiger partial charge in [0, 0.05) is 34.4 Å². The predicted octanol–water partition coefficient (Wildman–Crippen LogP) is 6.98. The van der Waals surface area contributed by atoms with Crippen LogP contribution in [0, 0.1) is 10.8 Å². The van der Waals surface area contributed by atoms with Crippen molar-refractivity contribution >= 4 is 44.8 Å². The molecular formula is C29H35BrN2O4. The number of amides is 1. The Morgan fingerprint density at radius 3 is 2.11 bits per heavy atom. The maximum absolute atomic E-state index is 14.1. The van der Waals surface area contributed by atoms with Gasteiger partial charge >= 0.3 is 5.97 Å². The van der Waals surface area contributed by atoms with Crippen molar-refractivity contribution in [3.63, 3.8) is 0 Å². The molecule has 0 saturated carbocycles. The third-order valence-corrected chi connectivity index (χ3v) is 7.09. The molecule has 0 aliphatic rings. The lowest BCUT2D eigenvalue weighted by molar-refractivity contribution is -0.146. The zero-order valence-corrected chi connectivity index (χ0v) is 23.9. The molecule has 0 unspecified atom stereocenters. The van der Waals surface area contributed by atoms with Crippen LogP contribution in [0.25, 0.3) is 5.52 Å². The van der Waals surface area contributed by atoms with Gasteiger partial charge in [0.25, 0.3) is 5.91 Å². The van der Waals surface area contributed by atoms with E-state index in [-0.39, 0.29) is 24.0 Å². The number of hydrogen-bond donors (Lipinski definition) is 1. The van der Waals surface area contributed by atoms with Crippen LogP contribution >= 0.6 is 15.9 Å². The quantitative estimate of drug-likeness (QED) is 0.319. The summed E-state index contributed by atoms with van der Waals surface area (Å²) in [6.07, 6.45) is 1.86. The largest absolute Gasteiger partial charge is 0.481 e. The van der Waals surface area contributed by atoms with E-state index in [0.29, 0.717) is 28.0 Å². The number of carbonyl (C=O) groups is 3. The van der Waals surface area contributed by atoms with Crippen molar-refractivity contribution in [1.82, 2.24) is 4.40 Å². The van der Waals surface area contributed by atoms with Crippen LogP contribution in [-0.2, 0) is 11.2 Å². The second-order valence-electron chi connectivity index (χ2n) is 11.4. The average Bonchev–Trinajstić information content (AvgIpc) is 3.09. The summed E-state index contributed by atoms with van der Waals surface area (Å²) in [5.41, 5.74) is 1.64. The molecule has 6 nitrogen and oxygen atoms in total. The van der Waals surface area contributed by atoms with E-state index in [1.165, 1.54) is 4.90 Å². The number of carboxylic acid groups (broad SMARTS) is 1. The second kappa shape index (κ2) is 9.85. The summed E-state index contributed by atoms with van der Waals surface area (Å²) < 4.78 is 2.65. The first-order chi connectivity index (χ1) is 16.6. The summed E-state index contributed by atoms with van der Waals surface area (Å²) >= 11 is 3.42. The fourth-order valence-electron chi connectivity index (χ4n) is 4.17. The summed E-state index contributed by atoms with van der Waals surface area (Å²) in [6.45, 7) is 12.9. The van der Waals surface area contributed by atoms with Crippen molar-refractivity contribution in [2.45, 2.75) is 60.8 Å². The van der Waals surface area contributed by atoms with E-state index in [2.05, 4.69) is 29.8 Å². The molecule has 1 N–H and O–H groups in total. The maximum Gasteiger partial charge on any atom is 0.309 e. The molecule has 0 atom stereocenters. The van der Waals surface area contributed by atoms with Gasteiger partial charge in [-0.3, -0.25) is 14.4 Å². The highest BCUT2D eigenvalue weighted by Gasteiger charge is 2.38. The lowest BCUT2D eigenvalue weighted by Gasteiger charge is -2.24. The molecule has 1 aromatic carbocycles. The van der Waals surface area contributed by atoms with E-state index in [1.54, 1.807) is 25.3 Å². The number of benzene rings is 1. The first-order valence-corrected chi connectivity index (χ1v) is 12.8. The van der Waals surface area contributed by atoms with Crippen molar-refractivity contribution in [3.8, 4) is 0 Å². The number of aliphatic carboxylic acids is 1. The van der Waals surface area contributed by atoms with E-state index in [1.807, 2.05) is 63.4 Å². The number of rotatable bonds is 7. The number of carboxylic acids is 1. The number of aromatic nitrogens is 1. The molecule has 0 aliphatic carbocycles. The molecule has 2 heterocycles. The van der Waals surface area contributed by atoms with Crippen molar-refractivity contribution in [3.05, 3.63) is 69.5 Å². The van der Waals surface area contributed by atoms with Gasteiger partial charge in [-0.1, -0.05) is 50.5 Å². The standard InChI is InChI=1S/C29H35BrN2O4/c1-17(2)18-13-14-32-22(15-18)23(25(33)28(3,4)5)21(16-29(6,7)27(35)36)24(32)26(34)31(8)20-11-9-19(30)10-12-20/h9-15,17H,16H2,1-8H3,(H,35,36). The Bertz CT molecular complexity index is 1330. The number of anilines is 1. The Morgan fingerprint density at radius 2 is 1.61 bits per heavy atom. The molecule has 2 aromatic heterocycles. The van der Waals surface area contributed by atoms with Crippen LogP contribution in [-0.4, -0.2) is 34.2 Å². The van der Waals surface area contributed by atoms with Crippen LogP contribution in [0.5, 0.6) is 0 Å². The van der Waals surface area contributed by atoms with Gasteiger partial charge in [0.15, 0.2) is 5.78 Å². The molecule has 0 saturated heterocycles. The number of nitrogens with zero attached hydrogens (tertiary/aromatic N) is 2. The zero-order chi connectivity index (χ0) is 27.2. The van der Waals surface area contributed by atoms with E-state index >= 15 is 0 Å². The number of Topliss-reactive ketones (excluding diaryl/α,β-unsaturated/α-hetero) is 1. The number of carbonyl (C=O) groups excluding carboxylic acids is 2. The molecule has 0 aliphatic heterocycles. The van der Waals surface area contributed by atoms with E-state index in [0.717, 1.165) is 10.0 Å². The Morgan fingerprint density at radius 1 is 1.03 bits per heavy atom. The van der Waals surface area contributed by atoms with Crippen LogP contribution in [0.2, 0.25) is 0 Å². The van der Waals surface area contributed by atoms with Gasteiger partial charge in [-0.2, -0.15) is 0 Å². The summed E-state index contributed by atoms with van der Waals surface area (Å²) in [7, 11) is 1.69. The first kappa shape index (κ1) is 27.7. The maximum atomic E-state index is 14.1. The van der Waals surface area contributed by atoms with Gasteiger partial charge in [0.2, 0.25) is 0 Å². The number of halogens is 1. The van der Waals surface area contributed by atoms with Gasteiger partial charge in [-0.15, -0.1) is 0 Å². The number of pyridine rings is 1. The minimum Gasteiger partial charge on any atom is -0.481 e. The van der Waals surface area contributed by atoms with Gasteiger partial charge in [-0.25, -0.2) is 0 Å². The summed E-state index contributed by atoms with van der Waals surface area (Å²) in [5, 5.41) is 9.93. The molecule has 0 bridgehead atoms. The summed E-state index contributed by atoms with van der Waals surface area (Å²) in [6, 6.07) is 11.3. The van der Waals surface area contributed by atoms with Gasteiger partial charge in [-0.05, 0) is 73.7 Å². The van der Waals surface area contributed by atoms with E-state index in [9.17, 15) is 19.5 Å². The minimum absolute atomic E-state index is 0.0351. The van der Waals surface area contributed by atoms with Crippen molar-refractivity contribution in [2.24, 2.45) is 10.8 Å². The topological polar surface area (TPSA) is 79.1 Å². The molecular weight excluding hydrogens is 520 g/mol. The molecule has 3 rings (SSSR count). The van der Waals surface area contributed by atoms with Crippen molar-refractivity contribution in [2.75, 3.05) is 11.9 Å². The lowest BCUT2D eigenvalue weighted by atomic mass is 9.79. The van der Waals surface area contributed by atoms with Gasteiger partial charge in [0.05, 0.1) is 10.9 Å². The van der Waals surface area contributed by atoms with Crippen molar-refractivity contribution in [1.29, 1.82) is 0 Å².